The summed E-state index contributed by atoms with van der Waals surface area (Å²) in [5.74, 6) is -2.94. The Hall–Kier alpha value is -2.50. The van der Waals surface area contributed by atoms with Crippen LogP contribution in [-0.4, -0.2) is 70.9 Å². The third kappa shape index (κ3) is 8.21. The Morgan fingerprint density at radius 3 is 2.56 bits per heavy atom. The molecule has 3 rings (SSSR count). The fourth-order valence-electron chi connectivity index (χ4n) is 3.51. The van der Waals surface area contributed by atoms with Crippen LogP contribution >= 0.6 is 0 Å². The highest BCUT2D eigenvalue weighted by Gasteiger charge is 2.38. The number of hydrogen-bond donors (Lipinski definition) is 1. The van der Waals surface area contributed by atoms with Crippen LogP contribution in [0.2, 0.25) is 0 Å². The molecule has 1 saturated heterocycles. The van der Waals surface area contributed by atoms with Crippen molar-refractivity contribution in [1.29, 1.82) is 0 Å². The first-order valence-corrected chi connectivity index (χ1v) is 9.96. The average Bonchev–Trinajstić information content (AvgIpc) is 3.29. The molecule has 178 valence electrons. The van der Waals surface area contributed by atoms with Crippen LogP contribution in [0.5, 0.6) is 0 Å². The third-order valence-corrected chi connectivity index (χ3v) is 4.94. The largest absolute Gasteiger partial charge is 0.490 e. The van der Waals surface area contributed by atoms with E-state index < -0.39 is 12.1 Å². The van der Waals surface area contributed by atoms with Gasteiger partial charge in [0.25, 0.3) is 0 Å². The van der Waals surface area contributed by atoms with Crippen molar-refractivity contribution in [1.82, 2.24) is 14.7 Å². The van der Waals surface area contributed by atoms with E-state index in [2.05, 4.69) is 10.00 Å². The second kappa shape index (κ2) is 11.9. The van der Waals surface area contributed by atoms with Crippen LogP contribution in [0.1, 0.15) is 17.5 Å². The maximum atomic E-state index is 13.5. The molecule has 2 aromatic rings. The van der Waals surface area contributed by atoms with E-state index in [9.17, 15) is 17.6 Å². The number of carboxylic acid groups (broad SMARTS) is 1. The number of halogens is 4. The van der Waals surface area contributed by atoms with Crippen LogP contribution in [0, 0.1) is 5.82 Å². The molecule has 0 unspecified atom stereocenters. The molecule has 1 aliphatic rings. The zero-order valence-corrected chi connectivity index (χ0v) is 17.9. The van der Waals surface area contributed by atoms with Gasteiger partial charge in [-0.25, -0.2) is 9.18 Å². The van der Waals surface area contributed by atoms with Gasteiger partial charge in [0.1, 0.15) is 5.82 Å². The molecular weight excluding hydrogens is 434 g/mol. The second-order valence-electron chi connectivity index (χ2n) is 7.39. The summed E-state index contributed by atoms with van der Waals surface area (Å²) in [5, 5.41) is 11.4. The van der Waals surface area contributed by atoms with Gasteiger partial charge >= 0.3 is 12.1 Å². The van der Waals surface area contributed by atoms with Gasteiger partial charge in [0.05, 0.1) is 25.5 Å². The zero-order valence-electron chi connectivity index (χ0n) is 17.9. The minimum atomic E-state index is -5.08. The van der Waals surface area contributed by atoms with Gasteiger partial charge in [-0.05, 0) is 36.1 Å². The van der Waals surface area contributed by atoms with Crippen molar-refractivity contribution in [3.8, 4) is 0 Å². The Balaban J connectivity index is 0.000000451. The van der Waals surface area contributed by atoms with E-state index in [4.69, 9.17) is 19.4 Å². The van der Waals surface area contributed by atoms with Crippen LogP contribution in [0.3, 0.4) is 0 Å². The first kappa shape index (κ1) is 25.8. The summed E-state index contributed by atoms with van der Waals surface area (Å²) in [6.07, 6.45) is 0.879. The number of methoxy groups -OCH3 is 1. The second-order valence-corrected chi connectivity index (χ2v) is 7.39. The van der Waals surface area contributed by atoms with Gasteiger partial charge in [0.15, 0.2) is 0 Å². The molecule has 2 atom stereocenters. The number of likely N-dealkylation sites (tertiary alicyclic amines) is 1. The number of hydrogen-bond acceptors (Lipinski definition) is 5. The summed E-state index contributed by atoms with van der Waals surface area (Å²) in [7, 11) is 3.61. The van der Waals surface area contributed by atoms with Gasteiger partial charge in [-0.2, -0.15) is 18.3 Å². The number of carbonyl (C=O) groups is 1. The summed E-state index contributed by atoms with van der Waals surface area (Å²) in [6, 6.07) is 7.09. The third-order valence-electron chi connectivity index (χ3n) is 4.94. The fourth-order valence-corrected chi connectivity index (χ4v) is 3.51. The normalized spacial score (nSPS) is 18.9. The highest BCUT2D eigenvalue weighted by Crippen LogP contribution is 2.26. The van der Waals surface area contributed by atoms with E-state index >= 15 is 0 Å². The van der Waals surface area contributed by atoms with Crippen molar-refractivity contribution >= 4 is 5.97 Å². The predicted molar refractivity (Wildman–Crippen MR) is 107 cm³/mol. The summed E-state index contributed by atoms with van der Waals surface area (Å²) in [5.41, 5.74) is 2.19. The van der Waals surface area contributed by atoms with Crippen LogP contribution in [0.25, 0.3) is 0 Å². The summed E-state index contributed by atoms with van der Waals surface area (Å²) in [6.45, 7) is 2.87. The Morgan fingerprint density at radius 1 is 1.28 bits per heavy atom. The lowest BCUT2D eigenvalue weighted by molar-refractivity contribution is -0.192. The SMILES string of the molecule is COCCO[C@H]1CCN(Cc2cccc(F)c2)[C@H]1Cc1cnn(C)c1.O=C(O)C(F)(F)F. The molecule has 1 aliphatic heterocycles. The molecule has 0 radical (unpaired) electrons. The molecule has 0 saturated carbocycles. The Bertz CT molecular complexity index is 860. The number of carboxylic acids is 1. The van der Waals surface area contributed by atoms with E-state index in [1.165, 1.54) is 11.6 Å². The lowest BCUT2D eigenvalue weighted by Crippen LogP contribution is -2.38. The number of aliphatic carboxylic acids is 1. The monoisotopic (exact) mass is 461 g/mol. The Labute approximate surface area is 183 Å². The van der Waals surface area contributed by atoms with Gasteiger partial charge in [-0.3, -0.25) is 9.58 Å². The first-order chi connectivity index (χ1) is 15.1. The van der Waals surface area contributed by atoms with Gasteiger partial charge in [0, 0.05) is 39.5 Å². The van der Waals surface area contributed by atoms with Crippen molar-refractivity contribution in [2.75, 3.05) is 26.9 Å². The molecule has 11 heteroatoms. The molecule has 0 spiro atoms. The highest BCUT2D eigenvalue weighted by molar-refractivity contribution is 5.73. The van der Waals surface area contributed by atoms with Crippen molar-refractivity contribution in [2.45, 2.75) is 37.7 Å². The van der Waals surface area contributed by atoms with Crippen molar-refractivity contribution in [3.05, 3.63) is 53.6 Å². The van der Waals surface area contributed by atoms with Crippen LogP contribution < -0.4 is 0 Å². The molecule has 32 heavy (non-hydrogen) atoms. The summed E-state index contributed by atoms with van der Waals surface area (Å²) in [4.78, 5) is 11.3. The van der Waals surface area contributed by atoms with Crippen LogP contribution in [0.15, 0.2) is 36.7 Å². The minimum Gasteiger partial charge on any atom is -0.475 e. The molecule has 0 amide bonds. The lowest BCUT2D eigenvalue weighted by Gasteiger charge is -2.28. The van der Waals surface area contributed by atoms with Crippen molar-refractivity contribution in [3.63, 3.8) is 0 Å². The quantitative estimate of drug-likeness (QED) is 0.481. The molecule has 1 aromatic heterocycles. The molecule has 7 nitrogen and oxygen atoms in total. The Kier molecular flexibility index (Phi) is 9.60. The molecule has 1 N–H and O–H groups in total. The van der Waals surface area contributed by atoms with E-state index in [0.29, 0.717) is 13.2 Å². The summed E-state index contributed by atoms with van der Waals surface area (Å²) >= 11 is 0. The molecule has 1 aromatic carbocycles. The van der Waals surface area contributed by atoms with Gasteiger partial charge in [-0.15, -0.1) is 0 Å². The zero-order chi connectivity index (χ0) is 23.7. The summed E-state index contributed by atoms with van der Waals surface area (Å²) < 4.78 is 58.2. The van der Waals surface area contributed by atoms with Crippen molar-refractivity contribution < 1.29 is 36.9 Å². The number of nitrogens with zero attached hydrogens (tertiary/aromatic N) is 3. The lowest BCUT2D eigenvalue weighted by atomic mass is 10.0. The van der Waals surface area contributed by atoms with E-state index in [0.717, 1.165) is 31.5 Å². The molecule has 1 fully saturated rings. The van der Waals surface area contributed by atoms with E-state index in [1.807, 2.05) is 30.2 Å². The highest BCUT2D eigenvalue weighted by atomic mass is 19.4. The predicted octanol–water partition coefficient (Wildman–Crippen LogP) is 3.04. The van der Waals surface area contributed by atoms with Crippen LogP contribution in [-0.2, 0) is 34.3 Å². The molecule has 0 bridgehead atoms. The maximum absolute atomic E-state index is 13.5. The number of rotatable bonds is 8. The van der Waals surface area contributed by atoms with E-state index in [-0.39, 0.29) is 18.0 Å². The molecule has 0 aliphatic carbocycles. The maximum Gasteiger partial charge on any atom is 0.490 e. The van der Waals surface area contributed by atoms with E-state index in [1.54, 1.807) is 19.2 Å². The first-order valence-electron chi connectivity index (χ1n) is 9.96. The molecular formula is C21H27F4N3O4. The van der Waals surface area contributed by atoms with Crippen molar-refractivity contribution in [2.24, 2.45) is 7.05 Å². The van der Waals surface area contributed by atoms with Crippen LogP contribution in [0.4, 0.5) is 17.6 Å². The number of alkyl halides is 3. The number of aromatic nitrogens is 2. The molecule has 2 heterocycles. The fraction of sp³-hybridized carbons (Fsp3) is 0.524. The van der Waals surface area contributed by atoms with Gasteiger partial charge in [0.2, 0.25) is 0 Å². The van der Waals surface area contributed by atoms with Gasteiger partial charge < -0.3 is 14.6 Å². The number of ether oxygens (including phenoxy) is 2. The number of benzene rings is 1. The topological polar surface area (TPSA) is 76.8 Å². The minimum absolute atomic E-state index is 0.156. The van der Waals surface area contributed by atoms with Gasteiger partial charge in [-0.1, -0.05) is 12.1 Å². The standard InChI is InChI=1S/C19H26FN3O2.C2HF3O2/c1-22-13-16(12-21-22)11-18-19(25-9-8-24-2)6-7-23(18)14-15-4-3-5-17(20)10-15;3-2(4,5)1(6)7/h3-5,10,12-13,18-19H,6-9,11,14H2,1-2H3;(H,6,7)/t18-,19-;/m0./s1. The smallest absolute Gasteiger partial charge is 0.475 e. The Morgan fingerprint density at radius 2 is 2.00 bits per heavy atom. The average molecular weight is 461 g/mol. The number of aryl methyl sites for hydroxylation is 1.